The molecule has 0 spiro atoms. The third-order valence-electron chi connectivity index (χ3n) is 4.59. The molecule has 0 bridgehead atoms. The Kier molecular flexibility index (Phi) is 4.83. The first kappa shape index (κ1) is 17.9. The lowest BCUT2D eigenvalue weighted by molar-refractivity contribution is 0.170. The SMILES string of the molecule is C/C=C/COc1nc(OCC2(C)OC2C)nc(OCC2(C)OC2C)n1. The number of hydrogen-bond donors (Lipinski definition) is 0. The molecule has 8 nitrogen and oxygen atoms in total. The van der Waals surface area contributed by atoms with E-state index in [9.17, 15) is 0 Å². The molecule has 0 amide bonds. The van der Waals surface area contributed by atoms with E-state index in [0.29, 0.717) is 19.8 Å². The van der Waals surface area contributed by atoms with E-state index in [1.54, 1.807) is 0 Å². The maximum Gasteiger partial charge on any atom is 0.326 e. The lowest BCUT2D eigenvalue weighted by Gasteiger charge is -2.12. The molecule has 0 aliphatic carbocycles. The third kappa shape index (κ3) is 4.38. The Morgan fingerprint density at radius 1 is 0.880 bits per heavy atom. The van der Waals surface area contributed by atoms with Crippen LogP contribution in [0.25, 0.3) is 0 Å². The van der Waals surface area contributed by atoms with Gasteiger partial charge < -0.3 is 23.7 Å². The Hall–Kier alpha value is -1.93. The Bertz CT molecular complexity index is 611. The molecule has 2 aliphatic rings. The van der Waals surface area contributed by atoms with Crippen LogP contribution in [0.4, 0.5) is 0 Å². The highest BCUT2D eigenvalue weighted by Crippen LogP contribution is 2.36. The summed E-state index contributed by atoms with van der Waals surface area (Å²) < 4.78 is 27.8. The van der Waals surface area contributed by atoms with Gasteiger partial charge in [-0.15, -0.1) is 15.0 Å². The molecule has 3 rings (SSSR count). The first-order valence-electron chi connectivity index (χ1n) is 8.46. The fourth-order valence-electron chi connectivity index (χ4n) is 2.19. The fraction of sp³-hybridized carbons (Fsp3) is 0.706. The molecule has 2 fully saturated rings. The lowest BCUT2D eigenvalue weighted by Crippen LogP contribution is -2.22. The van der Waals surface area contributed by atoms with Crippen LogP contribution in [0.2, 0.25) is 0 Å². The molecule has 0 N–H and O–H groups in total. The van der Waals surface area contributed by atoms with E-state index in [1.807, 2.05) is 46.8 Å². The van der Waals surface area contributed by atoms with E-state index in [1.165, 1.54) is 0 Å². The third-order valence-corrected chi connectivity index (χ3v) is 4.59. The summed E-state index contributed by atoms with van der Waals surface area (Å²) in [5.74, 6) is 0. The van der Waals surface area contributed by atoms with Crippen molar-refractivity contribution in [2.24, 2.45) is 0 Å². The van der Waals surface area contributed by atoms with Gasteiger partial charge in [0.25, 0.3) is 0 Å². The van der Waals surface area contributed by atoms with Crippen LogP contribution in [0.5, 0.6) is 18.0 Å². The number of aromatic nitrogens is 3. The summed E-state index contributed by atoms with van der Waals surface area (Å²) in [7, 11) is 0. The van der Waals surface area contributed by atoms with Crippen molar-refractivity contribution >= 4 is 0 Å². The summed E-state index contributed by atoms with van der Waals surface area (Å²) in [4.78, 5) is 12.5. The van der Waals surface area contributed by atoms with Gasteiger partial charge in [0, 0.05) is 0 Å². The molecule has 3 heterocycles. The van der Waals surface area contributed by atoms with Crippen LogP contribution in [-0.2, 0) is 9.47 Å². The Morgan fingerprint density at radius 2 is 1.28 bits per heavy atom. The van der Waals surface area contributed by atoms with Crippen molar-refractivity contribution in [3.63, 3.8) is 0 Å². The first-order valence-corrected chi connectivity index (χ1v) is 8.46. The molecule has 1 aromatic heterocycles. The Balaban J connectivity index is 1.66. The molecule has 2 aliphatic heterocycles. The summed E-state index contributed by atoms with van der Waals surface area (Å²) in [5.41, 5.74) is -0.602. The number of allylic oxidation sites excluding steroid dienone is 1. The van der Waals surface area contributed by atoms with Crippen molar-refractivity contribution in [1.29, 1.82) is 0 Å². The van der Waals surface area contributed by atoms with Crippen molar-refractivity contribution in [3.8, 4) is 18.0 Å². The van der Waals surface area contributed by atoms with E-state index in [-0.39, 0.29) is 41.4 Å². The maximum absolute atomic E-state index is 5.66. The van der Waals surface area contributed by atoms with E-state index >= 15 is 0 Å². The van der Waals surface area contributed by atoms with Crippen molar-refractivity contribution in [1.82, 2.24) is 15.0 Å². The second-order valence-corrected chi connectivity index (χ2v) is 6.79. The van der Waals surface area contributed by atoms with Gasteiger partial charge in [0.15, 0.2) is 0 Å². The van der Waals surface area contributed by atoms with Crippen molar-refractivity contribution in [3.05, 3.63) is 12.2 Å². The zero-order valence-corrected chi connectivity index (χ0v) is 15.3. The summed E-state index contributed by atoms with van der Waals surface area (Å²) in [6.45, 7) is 10.9. The number of epoxide rings is 2. The largest absolute Gasteiger partial charge is 0.460 e. The number of hydrogen-bond acceptors (Lipinski definition) is 8. The topological polar surface area (TPSA) is 91.4 Å². The average Bonchev–Trinajstić information content (AvgIpc) is 3.39. The van der Waals surface area contributed by atoms with Crippen LogP contribution >= 0.6 is 0 Å². The predicted molar refractivity (Wildman–Crippen MR) is 89.0 cm³/mol. The van der Waals surface area contributed by atoms with Crippen LogP contribution in [0, 0.1) is 0 Å². The molecular formula is C17H25N3O5. The lowest BCUT2D eigenvalue weighted by atomic mass is 10.1. The highest BCUT2D eigenvalue weighted by atomic mass is 16.6. The van der Waals surface area contributed by atoms with Crippen molar-refractivity contribution in [2.45, 2.75) is 58.0 Å². The molecule has 0 saturated carbocycles. The van der Waals surface area contributed by atoms with Gasteiger partial charge in [-0.05, 0) is 34.6 Å². The van der Waals surface area contributed by atoms with Gasteiger partial charge in [-0.2, -0.15) is 0 Å². The molecule has 0 aromatic carbocycles. The highest BCUT2D eigenvalue weighted by Gasteiger charge is 2.50. The number of nitrogens with zero attached hydrogens (tertiary/aromatic N) is 3. The van der Waals surface area contributed by atoms with Crippen LogP contribution in [0.1, 0.15) is 34.6 Å². The molecule has 0 radical (unpaired) electrons. The molecule has 138 valence electrons. The van der Waals surface area contributed by atoms with Gasteiger partial charge in [0.1, 0.15) is 31.0 Å². The minimum absolute atomic E-state index is 0.152. The molecule has 25 heavy (non-hydrogen) atoms. The van der Waals surface area contributed by atoms with E-state index in [2.05, 4.69) is 15.0 Å². The quantitative estimate of drug-likeness (QED) is 0.492. The molecule has 2 saturated heterocycles. The van der Waals surface area contributed by atoms with Crippen LogP contribution < -0.4 is 14.2 Å². The smallest absolute Gasteiger partial charge is 0.326 e. The normalized spacial score (nSPS) is 33.3. The van der Waals surface area contributed by atoms with Gasteiger partial charge in [-0.25, -0.2) is 0 Å². The van der Waals surface area contributed by atoms with Crippen molar-refractivity contribution in [2.75, 3.05) is 19.8 Å². The first-order chi connectivity index (χ1) is 11.8. The summed E-state index contributed by atoms with van der Waals surface area (Å²) in [6, 6.07) is 0.460. The van der Waals surface area contributed by atoms with Crippen LogP contribution in [0.15, 0.2) is 12.2 Å². The summed E-state index contributed by atoms with van der Waals surface area (Å²) in [6.07, 6.45) is 4.05. The number of rotatable bonds is 9. The van der Waals surface area contributed by atoms with Gasteiger partial charge >= 0.3 is 18.0 Å². The fourth-order valence-corrected chi connectivity index (χ4v) is 2.19. The standard InChI is InChI=1S/C17H25N3O5/c1-6-7-8-21-13-18-14(22-9-16(4)11(2)24-16)20-15(19-13)23-10-17(5)12(3)25-17/h6-7,11-12H,8-10H2,1-5H3/b7-6+. The molecular weight excluding hydrogens is 326 g/mol. The number of ether oxygens (including phenoxy) is 5. The van der Waals surface area contributed by atoms with Gasteiger partial charge in [0.05, 0.1) is 12.2 Å². The minimum Gasteiger partial charge on any atom is -0.460 e. The van der Waals surface area contributed by atoms with Crippen LogP contribution in [-0.4, -0.2) is 58.2 Å². The van der Waals surface area contributed by atoms with Crippen molar-refractivity contribution < 1.29 is 23.7 Å². The second-order valence-electron chi connectivity index (χ2n) is 6.79. The second kappa shape index (κ2) is 6.76. The minimum atomic E-state index is -0.301. The van der Waals surface area contributed by atoms with Gasteiger partial charge in [-0.3, -0.25) is 0 Å². The zero-order chi connectivity index (χ0) is 18.1. The summed E-state index contributed by atoms with van der Waals surface area (Å²) >= 11 is 0. The summed E-state index contributed by atoms with van der Waals surface area (Å²) in [5, 5.41) is 0. The van der Waals surface area contributed by atoms with E-state index < -0.39 is 0 Å². The average molecular weight is 351 g/mol. The predicted octanol–water partition coefficient (Wildman–Crippen LogP) is 1.94. The highest BCUT2D eigenvalue weighted by molar-refractivity contribution is 5.11. The van der Waals surface area contributed by atoms with Gasteiger partial charge in [-0.1, -0.05) is 12.2 Å². The van der Waals surface area contributed by atoms with E-state index in [4.69, 9.17) is 23.7 Å². The zero-order valence-electron chi connectivity index (χ0n) is 15.3. The maximum atomic E-state index is 5.66. The molecule has 4 atom stereocenters. The van der Waals surface area contributed by atoms with Gasteiger partial charge in [0.2, 0.25) is 0 Å². The molecule has 1 aromatic rings. The Labute approximate surface area is 147 Å². The van der Waals surface area contributed by atoms with Crippen LogP contribution in [0.3, 0.4) is 0 Å². The molecule has 8 heteroatoms. The monoisotopic (exact) mass is 351 g/mol. The van der Waals surface area contributed by atoms with E-state index in [0.717, 1.165) is 0 Å². The Morgan fingerprint density at radius 3 is 1.64 bits per heavy atom. The molecule has 4 unspecified atom stereocenters.